The first-order chi connectivity index (χ1) is 49.3. The molecule has 0 radical (unpaired) electrons. The van der Waals surface area contributed by atoms with Crippen molar-refractivity contribution >= 4 is 98.5 Å². The Morgan fingerprint density at radius 3 is 0.922 bits per heavy atom. The number of imidazole rings is 6. The predicted octanol–water partition coefficient (Wildman–Crippen LogP) is 16.7. The first-order valence-electron chi connectivity index (χ1n) is 36.6. The van der Waals surface area contributed by atoms with Crippen LogP contribution in [0.2, 0.25) is 0 Å². The molecule has 0 N–H and O–H groups in total. The van der Waals surface area contributed by atoms with E-state index in [9.17, 15) is 0 Å². The van der Waals surface area contributed by atoms with Crippen LogP contribution >= 0.6 is 0 Å². The Morgan fingerprint density at radius 2 is 0.529 bits per heavy atom. The third-order valence-electron chi connectivity index (χ3n) is 21.3. The van der Waals surface area contributed by atoms with Gasteiger partial charge in [0.2, 0.25) is 0 Å². The molecule has 0 atom stereocenters. The van der Waals surface area contributed by atoms with Gasteiger partial charge in [-0.3, -0.25) is 0 Å². The fraction of sp³-hybridized carbons (Fsp3) is 0.267. The average Bonchev–Trinajstić information content (AvgIpc) is 1.68. The molecule has 0 unspecified atom stereocenters. The third-order valence-corrected chi connectivity index (χ3v) is 21.3. The van der Waals surface area contributed by atoms with E-state index in [0.29, 0.717) is 0 Å². The van der Waals surface area contributed by atoms with Crippen molar-refractivity contribution in [2.45, 2.75) is 122 Å². The summed E-state index contributed by atoms with van der Waals surface area (Å²) in [6, 6.07) is 52.5. The van der Waals surface area contributed by atoms with Gasteiger partial charge in [-0.05, 0) is 151 Å². The van der Waals surface area contributed by atoms with Gasteiger partial charge in [0.25, 0.3) is 33.9 Å². The second kappa shape index (κ2) is 28.9. The van der Waals surface area contributed by atoms with Crippen molar-refractivity contribution in [1.82, 2.24) is 27.4 Å². The van der Waals surface area contributed by atoms with Crippen molar-refractivity contribution in [2.75, 3.05) is 0 Å². The minimum atomic E-state index is 1.06. The van der Waals surface area contributed by atoms with Gasteiger partial charge in [0.1, 0.15) is 71.3 Å². The van der Waals surface area contributed by atoms with E-state index in [-0.39, 0.29) is 0 Å². The second-order valence-electron chi connectivity index (χ2n) is 27.9. The minimum absolute atomic E-state index is 1.06. The zero-order valence-electron chi connectivity index (χ0n) is 63.4. The lowest BCUT2D eigenvalue weighted by atomic mass is 10.1. The van der Waals surface area contributed by atoms with Crippen LogP contribution in [0.5, 0.6) is 0 Å². The molecule has 0 saturated heterocycles. The molecule has 0 saturated carbocycles. The summed E-state index contributed by atoms with van der Waals surface area (Å²) in [5, 5.41) is 15.9. The summed E-state index contributed by atoms with van der Waals surface area (Å²) in [6.45, 7) is 26.1. The standard InChI is InChI=1S/6C15H17N2/c1-4-13-10-17-8-7-12-9-11(2)5-6-14(12)15(17)16(13)3;2*1-4-13-10-17-8-7-12-6-5-11(2)9-14(12)15(17)16(13)3;2*1-4-13-10-17-9-8-12-7-5-6-11(2)14(12)15(17)16(13)3;1-4-12-10-17-9-8-13-11(2)6-5-7-14(13)15(17)16(12)3/h6*5-10H,4H2,1-3H3/q6*+1. The quantitative estimate of drug-likeness (QED) is 0.149. The van der Waals surface area contributed by atoms with Crippen LogP contribution in [0.25, 0.3) is 98.5 Å². The van der Waals surface area contributed by atoms with Gasteiger partial charge in [0.05, 0.1) is 112 Å². The molecule has 0 bridgehead atoms. The van der Waals surface area contributed by atoms with Crippen molar-refractivity contribution < 1.29 is 26.4 Å². The zero-order valence-corrected chi connectivity index (χ0v) is 63.4. The number of nitrogens with zero attached hydrogens (tertiary/aromatic N) is 12. The largest absolute Gasteiger partial charge is 0.294 e. The highest BCUT2D eigenvalue weighted by Crippen LogP contribution is 2.27. The first kappa shape index (κ1) is 69.5. The van der Waals surface area contributed by atoms with Crippen molar-refractivity contribution in [2.24, 2.45) is 42.3 Å². The fourth-order valence-corrected chi connectivity index (χ4v) is 15.6. The van der Waals surface area contributed by atoms with E-state index in [4.69, 9.17) is 0 Å². The van der Waals surface area contributed by atoms with E-state index in [1.165, 1.54) is 166 Å². The maximum absolute atomic E-state index is 2.30. The van der Waals surface area contributed by atoms with Crippen LogP contribution in [0.3, 0.4) is 0 Å². The first-order valence-corrected chi connectivity index (χ1v) is 36.6. The molecule has 18 aromatic rings. The van der Waals surface area contributed by atoms with Crippen LogP contribution in [-0.2, 0) is 80.8 Å². The molecular formula is C90H102N12+6. The van der Waals surface area contributed by atoms with Gasteiger partial charge >= 0.3 is 0 Å². The van der Waals surface area contributed by atoms with Crippen molar-refractivity contribution in [1.29, 1.82) is 0 Å². The Labute approximate surface area is 600 Å². The van der Waals surface area contributed by atoms with Crippen LogP contribution in [0.15, 0.2) is 220 Å². The lowest BCUT2D eigenvalue weighted by Gasteiger charge is -2.01. The van der Waals surface area contributed by atoms with E-state index in [2.05, 4.69) is 399 Å². The number of rotatable bonds is 6. The Kier molecular flexibility index (Phi) is 19.7. The number of aromatic nitrogens is 12. The molecular weight excluding hydrogens is 1250 g/mol. The molecule has 102 heavy (non-hydrogen) atoms. The van der Waals surface area contributed by atoms with Gasteiger partial charge in [-0.1, -0.05) is 143 Å². The molecule has 516 valence electrons. The normalized spacial score (nSPS) is 11.5. The van der Waals surface area contributed by atoms with Crippen LogP contribution in [0, 0.1) is 41.5 Å². The molecule has 6 aromatic carbocycles. The highest BCUT2D eigenvalue weighted by Gasteiger charge is 2.23. The van der Waals surface area contributed by atoms with Gasteiger partial charge < -0.3 is 0 Å². The van der Waals surface area contributed by atoms with Crippen molar-refractivity contribution in [3.05, 3.63) is 287 Å². The molecule has 12 heterocycles. The maximum Gasteiger partial charge on any atom is 0.294 e. The van der Waals surface area contributed by atoms with Gasteiger partial charge in [-0.15, -0.1) is 0 Å². The molecule has 0 aliphatic carbocycles. The molecule has 12 heteroatoms. The lowest BCUT2D eigenvalue weighted by Crippen LogP contribution is -2.18. The molecule has 0 spiro atoms. The summed E-state index contributed by atoms with van der Waals surface area (Å²) in [7, 11) is 12.9. The van der Waals surface area contributed by atoms with Gasteiger partial charge in [0.15, 0.2) is 0 Å². The Bertz CT molecular complexity index is 5870. The van der Waals surface area contributed by atoms with Gasteiger partial charge in [0, 0.05) is 38.5 Å². The smallest absolute Gasteiger partial charge is 0.230 e. The fourth-order valence-electron chi connectivity index (χ4n) is 15.6. The van der Waals surface area contributed by atoms with Crippen LogP contribution in [0.4, 0.5) is 0 Å². The summed E-state index contributed by atoms with van der Waals surface area (Å²) < 4.78 is 27.1. The molecule has 0 aliphatic heterocycles. The SMILES string of the molecule is CCc1c[n+]2ccc3c(C)cccc3c2n1C.CCc1c[n+]2ccc3cc(C)ccc3c2n1C.CCc1c[n+]2ccc3ccc(C)cc3c2n1C.CCc1c[n+]2ccc3ccc(C)cc3c2n1C.CCc1c[n+]2ccc3cccc(C)c3c2n1C.CCc1c[n+]2ccc3cccc(C)c3c2n1C. The number of hydrogen-bond acceptors (Lipinski definition) is 0. The number of benzene rings is 6. The zero-order chi connectivity index (χ0) is 71.9. The number of fused-ring (bicyclic) bond motifs is 18. The molecule has 0 aliphatic rings. The summed E-state index contributed by atoms with van der Waals surface area (Å²) in [6.07, 6.45) is 32.6. The molecule has 12 nitrogen and oxygen atoms in total. The molecule has 18 rings (SSSR count). The second-order valence-corrected chi connectivity index (χ2v) is 27.9. The topological polar surface area (TPSA) is 54.2 Å². The molecule has 0 amide bonds. The minimum Gasteiger partial charge on any atom is -0.230 e. The van der Waals surface area contributed by atoms with Crippen LogP contribution < -0.4 is 26.4 Å². The van der Waals surface area contributed by atoms with Crippen molar-refractivity contribution in [3.63, 3.8) is 0 Å². The van der Waals surface area contributed by atoms with Gasteiger partial charge in [-0.2, -0.15) is 0 Å². The highest BCUT2D eigenvalue weighted by atomic mass is 15.1. The monoisotopic (exact) mass is 1350 g/mol. The van der Waals surface area contributed by atoms with E-state index in [1.807, 2.05) is 0 Å². The van der Waals surface area contributed by atoms with E-state index >= 15 is 0 Å². The van der Waals surface area contributed by atoms with E-state index in [0.717, 1.165) is 38.5 Å². The van der Waals surface area contributed by atoms with E-state index < -0.39 is 0 Å². The number of hydrogen-bond donors (Lipinski definition) is 0. The summed E-state index contributed by atoms with van der Waals surface area (Å²) in [5.41, 5.74) is 23.8. The predicted molar refractivity (Wildman–Crippen MR) is 421 cm³/mol. The number of aryl methyl sites for hydroxylation is 18. The molecule has 0 fully saturated rings. The Hall–Kier alpha value is -11.0. The Balaban J connectivity index is 0.000000109. The van der Waals surface area contributed by atoms with Crippen LogP contribution in [0.1, 0.15) is 109 Å². The van der Waals surface area contributed by atoms with Gasteiger partial charge in [-0.25, -0.2) is 53.8 Å². The van der Waals surface area contributed by atoms with Crippen LogP contribution in [-0.4, -0.2) is 27.4 Å². The highest BCUT2D eigenvalue weighted by molar-refractivity contribution is 5.98. The summed E-state index contributed by atoms with van der Waals surface area (Å²) >= 11 is 0. The maximum atomic E-state index is 2.30. The molecule has 12 aromatic heterocycles. The van der Waals surface area contributed by atoms with Crippen molar-refractivity contribution in [3.8, 4) is 0 Å². The summed E-state index contributed by atoms with van der Waals surface area (Å²) in [4.78, 5) is 0. The average molecular weight is 1350 g/mol. The summed E-state index contributed by atoms with van der Waals surface area (Å²) in [5.74, 6) is 0. The lowest BCUT2D eigenvalue weighted by molar-refractivity contribution is -0.509. The number of pyridine rings is 6. The third kappa shape index (κ3) is 12.8. The van der Waals surface area contributed by atoms with E-state index in [1.54, 1.807) is 0 Å². The Morgan fingerprint density at radius 1 is 0.235 bits per heavy atom.